The van der Waals surface area contributed by atoms with Crippen molar-refractivity contribution in [2.45, 2.75) is 0 Å². The first-order valence-corrected chi connectivity index (χ1v) is 4.89. The zero-order valence-electron chi connectivity index (χ0n) is 7.77. The zero-order valence-corrected chi connectivity index (χ0v) is 12.7. The summed E-state index contributed by atoms with van der Waals surface area (Å²) in [4.78, 5) is 10.9. The fourth-order valence-corrected chi connectivity index (χ4v) is 1.79. The average Bonchev–Trinajstić information content (AvgIpc) is 2.16. The minimum Gasteiger partial charge on any atom is -0.478 e. The SMILES string of the molecule is O=C(O)c1cccc2ccc(Br)cc12.[In]. The number of rotatable bonds is 1. The summed E-state index contributed by atoms with van der Waals surface area (Å²) in [6.07, 6.45) is 0. The maximum atomic E-state index is 10.9. The molecule has 15 heavy (non-hydrogen) atoms. The minimum absolute atomic E-state index is 0. The van der Waals surface area contributed by atoms with E-state index < -0.39 is 5.97 Å². The van der Waals surface area contributed by atoms with Gasteiger partial charge in [-0.3, -0.25) is 0 Å². The molecule has 0 amide bonds. The molecule has 0 aliphatic rings. The van der Waals surface area contributed by atoms with Crippen molar-refractivity contribution >= 4 is 58.5 Å². The van der Waals surface area contributed by atoms with Crippen LogP contribution in [0.1, 0.15) is 10.4 Å². The van der Waals surface area contributed by atoms with E-state index in [1.807, 2.05) is 24.3 Å². The summed E-state index contributed by atoms with van der Waals surface area (Å²) in [6, 6.07) is 10.9. The van der Waals surface area contributed by atoms with Crippen molar-refractivity contribution in [1.29, 1.82) is 0 Å². The molecule has 0 bridgehead atoms. The topological polar surface area (TPSA) is 37.3 Å². The van der Waals surface area contributed by atoms with Gasteiger partial charge in [-0.2, -0.15) is 0 Å². The maximum absolute atomic E-state index is 10.9. The second-order valence-electron chi connectivity index (χ2n) is 2.98. The third-order valence-corrected chi connectivity index (χ3v) is 2.57. The molecule has 0 atom stereocenters. The molecular formula is C11H7BrInO2. The molecule has 2 rings (SSSR count). The number of carboxylic acid groups (broad SMARTS) is 1. The number of benzene rings is 2. The molecule has 3 radical (unpaired) electrons. The van der Waals surface area contributed by atoms with Gasteiger partial charge >= 0.3 is 5.97 Å². The third-order valence-electron chi connectivity index (χ3n) is 2.07. The van der Waals surface area contributed by atoms with Gasteiger partial charge < -0.3 is 5.11 Å². The van der Waals surface area contributed by atoms with Gasteiger partial charge in [-0.25, -0.2) is 4.79 Å². The standard InChI is InChI=1S/C11H7BrO2.In/c12-8-5-4-7-2-1-3-9(11(13)14)10(7)6-8;/h1-6H,(H,13,14);. The van der Waals surface area contributed by atoms with E-state index in [1.165, 1.54) is 0 Å². The van der Waals surface area contributed by atoms with Crippen molar-refractivity contribution in [2.24, 2.45) is 0 Å². The summed E-state index contributed by atoms with van der Waals surface area (Å²) in [7, 11) is 0. The zero-order chi connectivity index (χ0) is 10.1. The van der Waals surface area contributed by atoms with Crippen molar-refractivity contribution in [3.63, 3.8) is 0 Å². The number of fused-ring (bicyclic) bond motifs is 1. The second-order valence-corrected chi connectivity index (χ2v) is 3.89. The van der Waals surface area contributed by atoms with Crippen molar-refractivity contribution in [3.8, 4) is 0 Å². The summed E-state index contributed by atoms with van der Waals surface area (Å²) >= 11 is 3.32. The van der Waals surface area contributed by atoms with Gasteiger partial charge in [0.2, 0.25) is 0 Å². The molecule has 2 aromatic carbocycles. The average molecular weight is 366 g/mol. The quantitative estimate of drug-likeness (QED) is 0.843. The fourth-order valence-electron chi connectivity index (χ4n) is 1.43. The number of halogens is 1. The van der Waals surface area contributed by atoms with Gasteiger partial charge in [-0.05, 0) is 29.0 Å². The summed E-state index contributed by atoms with van der Waals surface area (Å²) in [6.45, 7) is 0. The Hall–Kier alpha value is -0.480. The van der Waals surface area contributed by atoms with Gasteiger partial charge in [0.25, 0.3) is 0 Å². The normalized spacial score (nSPS) is 9.67. The van der Waals surface area contributed by atoms with E-state index in [-0.39, 0.29) is 25.8 Å². The van der Waals surface area contributed by atoms with Gasteiger partial charge in [0.15, 0.2) is 0 Å². The van der Waals surface area contributed by atoms with Crippen LogP contribution in [0, 0.1) is 0 Å². The van der Waals surface area contributed by atoms with Crippen LogP contribution in [-0.2, 0) is 0 Å². The summed E-state index contributed by atoms with van der Waals surface area (Å²) in [5, 5.41) is 10.7. The van der Waals surface area contributed by atoms with Crippen LogP contribution in [0.2, 0.25) is 0 Å². The first-order chi connectivity index (χ1) is 6.68. The molecule has 0 aromatic heterocycles. The third kappa shape index (κ3) is 2.55. The molecule has 73 valence electrons. The number of hydrogen-bond donors (Lipinski definition) is 1. The van der Waals surface area contributed by atoms with E-state index >= 15 is 0 Å². The van der Waals surface area contributed by atoms with Gasteiger partial charge in [0, 0.05) is 30.3 Å². The van der Waals surface area contributed by atoms with Crippen LogP contribution in [0.25, 0.3) is 10.8 Å². The molecule has 0 saturated carbocycles. The molecule has 2 aromatic rings. The Morgan fingerprint density at radius 2 is 1.93 bits per heavy atom. The molecule has 0 heterocycles. The second kappa shape index (κ2) is 5.03. The minimum atomic E-state index is -0.895. The number of carbonyl (C=O) groups is 1. The summed E-state index contributed by atoms with van der Waals surface area (Å²) in [5.41, 5.74) is 0.337. The molecule has 0 aliphatic heterocycles. The van der Waals surface area contributed by atoms with Gasteiger partial charge in [0.05, 0.1) is 5.56 Å². The molecular weight excluding hydrogens is 359 g/mol. The number of hydrogen-bond acceptors (Lipinski definition) is 1. The molecule has 4 heteroatoms. The summed E-state index contributed by atoms with van der Waals surface area (Å²) < 4.78 is 0.888. The predicted octanol–water partition coefficient (Wildman–Crippen LogP) is 2.92. The Balaban J connectivity index is 0.00000112. The van der Waals surface area contributed by atoms with Crippen LogP contribution < -0.4 is 0 Å². The Bertz CT molecular complexity index is 511. The molecule has 0 saturated heterocycles. The van der Waals surface area contributed by atoms with E-state index in [0.717, 1.165) is 15.2 Å². The van der Waals surface area contributed by atoms with E-state index in [1.54, 1.807) is 12.1 Å². The summed E-state index contributed by atoms with van der Waals surface area (Å²) in [5.74, 6) is -0.895. The molecule has 1 N–H and O–H groups in total. The van der Waals surface area contributed by atoms with Crippen LogP contribution in [0.15, 0.2) is 40.9 Å². The van der Waals surface area contributed by atoms with Crippen LogP contribution >= 0.6 is 15.9 Å². The Morgan fingerprint density at radius 3 is 2.60 bits per heavy atom. The van der Waals surface area contributed by atoms with E-state index in [0.29, 0.717) is 5.56 Å². The van der Waals surface area contributed by atoms with Crippen LogP contribution in [0.5, 0.6) is 0 Å². The molecule has 0 aliphatic carbocycles. The molecule has 0 spiro atoms. The molecule has 0 fully saturated rings. The van der Waals surface area contributed by atoms with Crippen molar-refractivity contribution < 1.29 is 9.90 Å². The van der Waals surface area contributed by atoms with Crippen LogP contribution in [0.3, 0.4) is 0 Å². The van der Waals surface area contributed by atoms with Gasteiger partial charge in [-0.1, -0.05) is 34.1 Å². The van der Waals surface area contributed by atoms with E-state index in [9.17, 15) is 4.79 Å². The Kier molecular flexibility index (Phi) is 4.22. The van der Waals surface area contributed by atoms with Crippen LogP contribution in [0.4, 0.5) is 0 Å². The van der Waals surface area contributed by atoms with Gasteiger partial charge in [-0.15, -0.1) is 0 Å². The molecule has 0 unspecified atom stereocenters. The van der Waals surface area contributed by atoms with Crippen molar-refractivity contribution in [1.82, 2.24) is 0 Å². The fraction of sp³-hybridized carbons (Fsp3) is 0. The van der Waals surface area contributed by atoms with Crippen LogP contribution in [-0.4, -0.2) is 36.9 Å². The number of carboxylic acids is 1. The largest absolute Gasteiger partial charge is 0.478 e. The Morgan fingerprint density at radius 1 is 1.20 bits per heavy atom. The molecule has 2 nitrogen and oxygen atoms in total. The van der Waals surface area contributed by atoms with Crippen molar-refractivity contribution in [2.75, 3.05) is 0 Å². The number of aromatic carboxylic acids is 1. The van der Waals surface area contributed by atoms with Gasteiger partial charge in [0.1, 0.15) is 0 Å². The Labute approximate surface area is 114 Å². The van der Waals surface area contributed by atoms with E-state index in [4.69, 9.17) is 5.11 Å². The van der Waals surface area contributed by atoms with Crippen molar-refractivity contribution in [3.05, 3.63) is 46.4 Å². The monoisotopic (exact) mass is 365 g/mol. The first-order valence-electron chi connectivity index (χ1n) is 4.10. The predicted molar refractivity (Wildman–Crippen MR) is 64.4 cm³/mol. The smallest absolute Gasteiger partial charge is 0.336 e. The van der Waals surface area contributed by atoms with E-state index in [2.05, 4.69) is 15.9 Å². The first kappa shape index (κ1) is 12.6. The maximum Gasteiger partial charge on any atom is 0.336 e.